The average molecular weight is 393 g/mol. The van der Waals surface area contributed by atoms with E-state index in [4.69, 9.17) is 37.0 Å². The van der Waals surface area contributed by atoms with Gasteiger partial charge in [-0.15, -0.1) is 0 Å². The Morgan fingerprint density at radius 1 is 1.21 bits per heavy atom. The Balaban J connectivity index is 2.42. The van der Waals surface area contributed by atoms with Gasteiger partial charge in [0.25, 0.3) is 0 Å². The van der Waals surface area contributed by atoms with E-state index in [1.807, 2.05) is 6.07 Å². The zero-order chi connectivity index (χ0) is 20.7. The normalized spacial score (nSPS) is 10.3. The Hall–Kier alpha value is -3.99. The fourth-order valence-electron chi connectivity index (χ4n) is 2.22. The number of rotatable bonds is 5. The van der Waals surface area contributed by atoms with E-state index < -0.39 is 5.97 Å². The number of nitrogens with zero attached hydrogens (tertiary/aromatic N) is 3. The number of hydrogen-bond donors (Lipinski definition) is 1. The zero-order valence-electron chi connectivity index (χ0n) is 14.7. The van der Waals surface area contributed by atoms with Gasteiger partial charge in [-0.3, -0.25) is 0 Å². The quantitative estimate of drug-likeness (QED) is 0.462. The summed E-state index contributed by atoms with van der Waals surface area (Å²) in [5, 5.41) is 27.2. The second kappa shape index (κ2) is 9.09. The lowest BCUT2D eigenvalue weighted by atomic mass is 10.1. The fourth-order valence-corrected chi connectivity index (χ4v) is 2.42. The second-order valence-electron chi connectivity index (χ2n) is 5.30. The van der Waals surface area contributed by atoms with E-state index in [0.717, 1.165) is 0 Å². The fraction of sp³-hybridized carbons (Fsp3) is 0.100. The molecule has 0 unspecified atom stereocenters. The SMILES string of the molecule is CCOC(=O)c1cc(-c2ccc(/C=C(\C#N)C(N)=C(C#N)C#N)o2)ccc1Cl. The molecule has 0 saturated heterocycles. The highest BCUT2D eigenvalue weighted by molar-refractivity contribution is 6.33. The molecule has 8 heteroatoms. The van der Waals surface area contributed by atoms with E-state index in [0.29, 0.717) is 11.3 Å². The predicted octanol–water partition coefficient (Wildman–Crippen LogP) is 3.94. The zero-order valence-corrected chi connectivity index (χ0v) is 15.4. The topological polar surface area (TPSA) is 137 Å². The van der Waals surface area contributed by atoms with Gasteiger partial charge in [0.1, 0.15) is 29.7 Å². The molecule has 0 fully saturated rings. The maximum absolute atomic E-state index is 12.0. The van der Waals surface area contributed by atoms with Gasteiger partial charge < -0.3 is 14.9 Å². The molecule has 0 aliphatic carbocycles. The van der Waals surface area contributed by atoms with Crippen molar-refractivity contribution in [3.05, 3.63) is 63.5 Å². The molecule has 138 valence electrons. The smallest absolute Gasteiger partial charge is 0.339 e. The highest BCUT2D eigenvalue weighted by Crippen LogP contribution is 2.28. The first-order valence-corrected chi connectivity index (χ1v) is 8.31. The lowest BCUT2D eigenvalue weighted by Crippen LogP contribution is -2.05. The summed E-state index contributed by atoms with van der Waals surface area (Å²) in [6.45, 7) is 1.91. The van der Waals surface area contributed by atoms with Crippen LogP contribution in [-0.2, 0) is 4.74 Å². The minimum Gasteiger partial charge on any atom is -0.462 e. The molecule has 0 amide bonds. The largest absolute Gasteiger partial charge is 0.462 e. The third kappa shape index (κ3) is 4.40. The number of carbonyl (C=O) groups excluding carboxylic acids is 1. The molecular weight excluding hydrogens is 380 g/mol. The third-order valence-electron chi connectivity index (χ3n) is 3.56. The summed E-state index contributed by atoms with van der Waals surface area (Å²) in [7, 11) is 0. The van der Waals surface area contributed by atoms with Crippen molar-refractivity contribution in [3.63, 3.8) is 0 Å². The van der Waals surface area contributed by atoms with E-state index in [2.05, 4.69) is 0 Å². The summed E-state index contributed by atoms with van der Waals surface area (Å²) in [6, 6.07) is 13.1. The molecule has 28 heavy (non-hydrogen) atoms. The van der Waals surface area contributed by atoms with Gasteiger partial charge in [-0.25, -0.2) is 4.79 Å². The van der Waals surface area contributed by atoms with Crippen LogP contribution in [0.2, 0.25) is 5.02 Å². The van der Waals surface area contributed by atoms with Gasteiger partial charge in [0.05, 0.1) is 28.5 Å². The minimum atomic E-state index is -0.550. The van der Waals surface area contributed by atoms with E-state index in [1.54, 1.807) is 43.3 Å². The molecule has 7 nitrogen and oxygen atoms in total. The molecule has 0 spiro atoms. The Morgan fingerprint density at radius 2 is 1.93 bits per heavy atom. The van der Waals surface area contributed by atoms with Crippen LogP contribution in [0.1, 0.15) is 23.0 Å². The van der Waals surface area contributed by atoms with Crippen LogP contribution >= 0.6 is 11.6 Å². The molecule has 1 heterocycles. The van der Waals surface area contributed by atoms with Gasteiger partial charge in [-0.2, -0.15) is 15.8 Å². The molecule has 2 rings (SSSR count). The van der Waals surface area contributed by atoms with Crippen molar-refractivity contribution < 1.29 is 13.9 Å². The van der Waals surface area contributed by atoms with Gasteiger partial charge in [0, 0.05) is 11.6 Å². The standard InChI is InChI=1S/C20H13ClN4O3/c1-2-27-20(26)16-8-12(3-5-17(16)21)18-6-4-15(28-18)7-13(9-22)19(25)14(10-23)11-24/h3-8H,2,25H2,1H3/b13-7+. The predicted molar refractivity (Wildman–Crippen MR) is 101 cm³/mol. The van der Waals surface area contributed by atoms with Crippen molar-refractivity contribution >= 4 is 23.6 Å². The number of hydrogen-bond acceptors (Lipinski definition) is 7. The van der Waals surface area contributed by atoms with Gasteiger partial charge in [-0.1, -0.05) is 11.6 Å². The van der Waals surface area contributed by atoms with Crippen molar-refractivity contribution in [1.82, 2.24) is 0 Å². The molecule has 1 aromatic carbocycles. The Labute approximate surface area is 166 Å². The number of furan rings is 1. The van der Waals surface area contributed by atoms with Crippen molar-refractivity contribution in [2.75, 3.05) is 6.61 Å². The monoisotopic (exact) mass is 392 g/mol. The number of ether oxygens (including phenoxy) is 1. The lowest BCUT2D eigenvalue weighted by Gasteiger charge is -2.06. The van der Waals surface area contributed by atoms with Crippen LogP contribution in [0, 0.1) is 34.0 Å². The van der Waals surface area contributed by atoms with Crippen molar-refractivity contribution in [3.8, 4) is 29.5 Å². The molecule has 0 radical (unpaired) electrons. The molecule has 0 atom stereocenters. The second-order valence-corrected chi connectivity index (χ2v) is 5.71. The van der Waals surface area contributed by atoms with Gasteiger partial charge in [0.15, 0.2) is 5.57 Å². The first-order valence-electron chi connectivity index (χ1n) is 7.94. The van der Waals surface area contributed by atoms with Crippen LogP contribution < -0.4 is 5.73 Å². The molecule has 2 aromatic rings. The summed E-state index contributed by atoms with van der Waals surface area (Å²) in [6.07, 6.45) is 1.32. The first kappa shape index (κ1) is 20.3. The van der Waals surface area contributed by atoms with E-state index in [9.17, 15) is 10.1 Å². The van der Waals surface area contributed by atoms with Crippen LogP contribution in [-0.4, -0.2) is 12.6 Å². The Bertz CT molecular complexity index is 1090. The highest BCUT2D eigenvalue weighted by atomic mass is 35.5. The van der Waals surface area contributed by atoms with Gasteiger partial charge in [-0.05, 0) is 37.3 Å². The number of esters is 1. The van der Waals surface area contributed by atoms with Crippen LogP contribution in [0.25, 0.3) is 17.4 Å². The molecule has 0 bridgehead atoms. The number of benzene rings is 1. The molecule has 0 saturated carbocycles. The van der Waals surface area contributed by atoms with Gasteiger partial charge >= 0.3 is 5.97 Å². The summed E-state index contributed by atoms with van der Waals surface area (Å²) in [5.74, 6) is 0.137. The molecule has 0 aliphatic heterocycles. The van der Waals surface area contributed by atoms with Crippen molar-refractivity contribution in [1.29, 1.82) is 15.8 Å². The minimum absolute atomic E-state index is 0.0812. The molecule has 1 aromatic heterocycles. The Kier molecular flexibility index (Phi) is 6.60. The molecule has 0 aliphatic rings. The highest BCUT2D eigenvalue weighted by Gasteiger charge is 2.15. The van der Waals surface area contributed by atoms with Crippen LogP contribution in [0.4, 0.5) is 0 Å². The average Bonchev–Trinajstić information content (AvgIpc) is 3.16. The maximum Gasteiger partial charge on any atom is 0.339 e. The maximum atomic E-state index is 12.0. The van der Waals surface area contributed by atoms with Crippen LogP contribution in [0.15, 0.2) is 51.6 Å². The number of carbonyl (C=O) groups is 1. The van der Waals surface area contributed by atoms with Crippen LogP contribution in [0.5, 0.6) is 0 Å². The molecule has 2 N–H and O–H groups in total. The van der Waals surface area contributed by atoms with E-state index >= 15 is 0 Å². The van der Waals surface area contributed by atoms with Crippen molar-refractivity contribution in [2.24, 2.45) is 5.73 Å². The summed E-state index contributed by atoms with van der Waals surface area (Å²) in [5.41, 5.74) is 5.79. The summed E-state index contributed by atoms with van der Waals surface area (Å²) in [4.78, 5) is 12.0. The summed E-state index contributed by atoms with van der Waals surface area (Å²) < 4.78 is 10.6. The Morgan fingerprint density at radius 3 is 2.54 bits per heavy atom. The van der Waals surface area contributed by atoms with E-state index in [-0.39, 0.29) is 39.8 Å². The first-order chi connectivity index (χ1) is 13.4. The van der Waals surface area contributed by atoms with Crippen LogP contribution in [0.3, 0.4) is 0 Å². The van der Waals surface area contributed by atoms with E-state index in [1.165, 1.54) is 12.1 Å². The number of nitrogens with two attached hydrogens (primary N) is 1. The summed E-state index contributed by atoms with van der Waals surface area (Å²) >= 11 is 6.05. The third-order valence-corrected chi connectivity index (χ3v) is 3.89. The molecular formula is C20H13ClN4O3. The van der Waals surface area contributed by atoms with Crippen molar-refractivity contribution in [2.45, 2.75) is 6.92 Å². The number of halogens is 1. The van der Waals surface area contributed by atoms with Gasteiger partial charge in [0.2, 0.25) is 0 Å². The number of nitriles is 3. The number of allylic oxidation sites excluding steroid dienone is 2. The lowest BCUT2D eigenvalue weighted by molar-refractivity contribution is 0.0526.